The molecule has 0 saturated heterocycles. The van der Waals surface area contributed by atoms with Crippen LogP contribution in [0.4, 0.5) is 18.9 Å². The minimum Gasteiger partial charge on any atom is -0.406 e. The van der Waals surface area contributed by atoms with Gasteiger partial charge in [0.15, 0.2) is 5.78 Å². The van der Waals surface area contributed by atoms with Gasteiger partial charge >= 0.3 is 6.36 Å². The number of Topliss-reactive ketones (excluding diaryl/α,β-unsaturated/α-hetero) is 1. The SMILES string of the molecule is CC(=O)c1cc(OC(F)(F)F)ccc1[N+](=O)[O-]. The molecule has 0 unspecified atom stereocenters. The summed E-state index contributed by atoms with van der Waals surface area (Å²) in [4.78, 5) is 20.7. The van der Waals surface area contributed by atoms with Crippen LogP contribution in [0.5, 0.6) is 5.75 Å². The Morgan fingerprint density at radius 2 is 2.00 bits per heavy atom. The molecule has 1 rings (SSSR count). The highest BCUT2D eigenvalue weighted by Gasteiger charge is 2.32. The Morgan fingerprint density at radius 3 is 2.41 bits per heavy atom. The lowest BCUT2D eigenvalue weighted by molar-refractivity contribution is -0.385. The van der Waals surface area contributed by atoms with Gasteiger partial charge in [-0.3, -0.25) is 14.9 Å². The minimum atomic E-state index is -4.91. The maximum Gasteiger partial charge on any atom is 0.573 e. The number of rotatable bonds is 3. The molecule has 8 heteroatoms. The maximum absolute atomic E-state index is 11.9. The predicted octanol–water partition coefficient (Wildman–Crippen LogP) is 2.70. The molecule has 0 atom stereocenters. The lowest BCUT2D eigenvalue weighted by atomic mass is 10.1. The third-order valence-corrected chi connectivity index (χ3v) is 1.78. The lowest BCUT2D eigenvalue weighted by Gasteiger charge is -2.09. The maximum atomic E-state index is 11.9. The third-order valence-electron chi connectivity index (χ3n) is 1.78. The molecule has 0 heterocycles. The number of nitro groups is 1. The number of nitrogens with zero attached hydrogens (tertiary/aromatic N) is 1. The predicted molar refractivity (Wildman–Crippen MR) is 49.8 cm³/mol. The zero-order valence-corrected chi connectivity index (χ0v) is 8.45. The first-order valence-electron chi connectivity index (χ1n) is 4.26. The van der Waals surface area contributed by atoms with Gasteiger partial charge in [0, 0.05) is 6.07 Å². The van der Waals surface area contributed by atoms with Gasteiger partial charge in [-0.1, -0.05) is 0 Å². The molecule has 0 aliphatic rings. The van der Waals surface area contributed by atoms with Crippen LogP contribution in [-0.4, -0.2) is 17.1 Å². The fourth-order valence-electron chi connectivity index (χ4n) is 1.15. The van der Waals surface area contributed by atoms with Crippen LogP contribution in [-0.2, 0) is 0 Å². The summed E-state index contributed by atoms with van der Waals surface area (Å²) >= 11 is 0. The Bertz CT molecular complexity index is 470. The Labute approximate surface area is 93.0 Å². The molecule has 0 radical (unpaired) electrons. The van der Waals surface area contributed by atoms with Crippen molar-refractivity contribution in [3.8, 4) is 5.75 Å². The van der Waals surface area contributed by atoms with E-state index in [1.54, 1.807) is 0 Å². The molecule has 0 aromatic heterocycles. The zero-order valence-electron chi connectivity index (χ0n) is 8.45. The first-order chi connectivity index (χ1) is 7.70. The molecule has 0 fully saturated rings. The highest BCUT2D eigenvalue weighted by molar-refractivity contribution is 5.98. The van der Waals surface area contributed by atoms with Gasteiger partial charge in [0.2, 0.25) is 0 Å². The molecule has 0 saturated carbocycles. The monoisotopic (exact) mass is 249 g/mol. The van der Waals surface area contributed by atoms with E-state index in [1.165, 1.54) is 0 Å². The van der Waals surface area contributed by atoms with Crippen LogP contribution in [0.15, 0.2) is 18.2 Å². The molecule has 17 heavy (non-hydrogen) atoms. The van der Waals surface area contributed by atoms with Gasteiger partial charge in [0.05, 0.1) is 10.5 Å². The molecular formula is C9H6F3NO4. The van der Waals surface area contributed by atoms with Crippen LogP contribution in [0.1, 0.15) is 17.3 Å². The fourth-order valence-corrected chi connectivity index (χ4v) is 1.15. The summed E-state index contributed by atoms with van der Waals surface area (Å²) in [6.07, 6.45) is -4.91. The van der Waals surface area contributed by atoms with Crippen molar-refractivity contribution in [1.82, 2.24) is 0 Å². The Morgan fingerprint density at radius 1 is 1.41 bits per heavy atom. The highest BCUT2D eigenvalue weighted by Crippen LogP contribution is 2.28. The van der Waals surface area contributed by atoms with E-state index in [0.29, 0.717) is 6.07 Å². The van der Waals surface area contributed by atoms with Crippen molar-refractivity contribution in [3.63, 3.8) is 0 Å². The minimum absolute atomic E-state index is 0.434. The van der Waals surface area contributed by atoms with Crippen molar-refractivity contribution in [2.75, 3.05) is 0 Å². The van der Waals surface area contributed by atoms with Crippen molar-refractivity contribution in [3.05, 3.63) is 33.9 Å². The first kappa shape index (κ1) is 12.9. The van der Waals surface area contributed by atoms with Gasteiger partial charge in [0.1, 0.15) is 5.75 Å². The molecule has 5 nitrogen and oxygen atoms in total. The molecule has 0 aliphatic carbocycles. The number of benzene rings is 1. The summed E-state index contributed by atoms with van der Waals surface area (Å²) in [7, 11) is 0. The first-order valence-corrected chi connectivity index (χ1v) is 4.26. The number of ether oxygens (including phenoxy) is 1. The second kappa shape index (κ2) is 4.40. The van der Waals surface area contributed by atoms with E-state index >= 15 is 0 Å². The Kier molecular flexibility index (Phi) is 3.35. The van der Waals surface area contributed by atoms with Gasteiger partial charge in [-0.15, -0.1) is 13.2 Å². The summed E-state index contributed by atoms with van der Waals surface area (Å²) in [5.74, 6) is -1.39. The zero-order chi connectivity index (χ0) is 13.2. The summed E-state index contributed by atoms with van der Waals surface area (Å²) in [5, 5.41) is 10.5. The van der Waals surface area contributed by atoms with Crippen molar-refractivity contribution in [2.24, 2.45) is 0 Å². The van der Waals surface area contributed by atoms with E-state index < -0.39 is 34.1 Å². The van der Waals surface area contributed by atoms with Crippen LogP contribution < -0.4 is 4.74 Å². The summed E-state index contributed by atoms with van der Waals surface area (Å²) < 4.78 is 39.2. The Balaban J connectivity index is 3.19. The molecule has 0 amide bonds. The standard InChI is InChI=1S/C9H6F3NO4/c1-5(14)7-4-6(17-9(10,11)12)2-3-8(7)13(15)16/h2-4H,1H3. The smallest absolute Gasteiger partial charge is 0.406 e. The van der Waals surface area contributed by atoms with Crippen LogP contribution >= 0.6 is 0 Å². The van der Waals surface area contributed by atoms with Crippen molar-refractivity contribution in [1.29, 1.82) is 0 Å². The number of carbonyl (C=O) groups excluding carboxylic acids is 1. The summed E-state index contributed by atoms with van der Waals surface area (Å²) in [5.41, 5.74) is -0.997. The topological polar surface area (TPSA) is 69.4 Å². The molecule has 0 aliphatic heterocycles. The summed E-state index contributed by atoms with van der Waals surface area (Å²) in [6, 6.07) is 2.25. The van der Waals surface area contributed by atoms with E-state index in [0.717, 1.165) is 19.1 Å². The van der Waals surface area contributed by atoms with Crippen LogP contribution in [0.3, 0.4) is 0 Å². The molecule has 0 N–H and O–H groups in total. The number of ketones is 1. The highest BCUT2D eigenvalue weighted by atomic mass is 19.4. The van der Waals surface area contributed by atoms with Gasteiger partial charge in [0.25, 0.3) is 5.69 Å². The van der Waals surface area contributed by atoms with E-state index in [4.69, 9.17) is 0 Å². The number of halogens is 3. The summed E-state index contributed by atoms with van der Waals surface area (Å²) in [6.45, 7) is 1.01. The normalized spacial score (nSPS) is 11.1. The molecule has 92 valence electrons. The van der Waals surface area contributed by atoms with E-state index in [1.807, 2.05) is 0 Å². The number of alkyl halides is 3. The average molecular weight is 249 g/mol. The van der Waals surface area contributed by atoms with Gasteiger partial charge < -0.3 is 4.74 Å². The van der Waals surface area contributed by atoms with Crippen molar-refractivity contribution < 1.29 is 27.6 Å². The molecule has 1 aromatic rings. The average Bonchev–Trinajstić information content (AvgIpc) is 2.14. The van der Waals surface area contributed by atoms with Gasteiger partial charge in [-0.2, -0.15) is 0 Å². The lowest BCUT2D eigenvalue weighted by Crippen LogP contribution is -2.17. The fraction of sp³-hybridized carbons (Fsp3) is 0.222. The van der Waals surface area contributed by atoms with E-state index in [2.05, 4.69) is 4.74 Å². The molecule has 1 aromatic carbocycles. The number of carbonyl (C=O) groups is 1. The van der Waals surface area contributed by atoms with Crippen LogP contribution in [0, 0.1) is 10.1 Å². The van der Waals surface area contributed by atoms with E-state index in [-0.39, 0.29) is 0 Å². The largest absolute Gasteiger partial charge is 0.573 e. The number of nitro benzene ring substituents is 1. The quantitative estimate of drug-likeness (QED) is 0.469. The van der Waals surface area contributed by atoms with Gasteiger partial charge in [-0.05, 0) is 19.1 Å². The number of hydrogen-bond donors (Lipinski definition) is 0. The third kappa shape index (κ3) is 3.44. The van der Waals surface area contributed by atoms with Crippen molar-refractivity contribution >= 4 is 11.5 Å². The van der Waals surface area contributed by atoms with Gasteiger partial charge in [-0.25, -0.2) is 0 Å². The molecular weight excluding hydrogens is 243 g/mol. The second-order valence-corrected chi connectivity index (χ2v) is 3.04. The second-order valence-electron chi connectivity index (χ2n) is 3.04. The Hall–Kier alpha value is -2.12. The molecule has 0 spiro atoms. The van der Waals surface area contributed by atoms with Crippen LogP contribution in [0.2, 0.25) is 0 Å². The molecule has 0 bridgehead atoms. The number of hydrogen-bond acceptors (Lipinski definition) is 4. The van der Waals surface area contributed by atoms with Crippen molar-refractivity contribution in [2.45, 2.75) is 13.3 Å². The van der Waals surface area contributed by atoms with Crippen LogP contribution in [0.25, 0.3) is 0 Å². The van der Waals surface area contributed by atoms with E-state index in [9.17, 15) is 28.1 Å².